The monoisotopic (exact) mass is 1020 g/mol. The number of rotatable bonds is 11. The number of hydrogen-bond donors (Lipinski definition) is 5. The first-order valence-electron chi connectivity index (χ1n) is 22.7. The van der Waals surface area contributed by atoms with E-state index in [1.807, 2.05) is 0 Å². The smallest absolute Gasteiger partial charge is 0.354 e. The Kier molecular flexibility index (Phi) is 11.6. The summed E-state index contributed by atoms with van der Waals surface area (Å²) in [5.74, 6) is -0.737. The van der Waals surface area contributed by atoms with Gasteiger partial charge in [0, 0.05) is 58.9 Å². The van der Waals surface area contributed by atoms with Crippen molar-refractivity contribution in [1.82, 2.24) is 19.9 Å². The fourth-order valence-corrected chi connectivity index (χ4v) is 11.3. The van der Waals surface area contributed by atoms with Gasteiger partial charge in [-0.25, -0.2) is 9.59 Å². The van der Waals surface area contributed by atoms with Crippen molar-refractivity contribution < 1.29 is 71.8 Å². The number of fused-ring (bicyclic) bond motifs is 6. The van der Waals surface area contributed by atoms with Gasteiger partial charge in [-0.05, 0) is 60.7 Å². The van der Waals surface area contributed by atoms with Crippen LogP contribution in [0.3, 0.4) is 0 Å². The number of halogens is 1. The Bertz CT molecular complexity index is 3440. The summed E-state index contributed by atoms with van der Waals surface area (Å²) in [6, 6.07) is 9.98. The first-order chi connectivity index (χ1) is 35.0. The number of H-pyrrole nitrogens is 3. The summed E-state index contributed by atoms with van der Waals surface area (Å²) in [5.41, 5.74) is 2.68. The van der Waals surface area contributed by atoms with Crippen molar-refractivity contribution in [2.24, 2.45) is 5.92 Å². The van der Waals surface area contributed by atoms with Crippen LogP contribution in [0.15, 0.2) is 48.2 Å². The maximum absolute atomic E-state index is 13.8. The number of esters is 2. The van der Waals surface area contributed by atoms with E-state index in [4.69, 9.17) is 49.5 Å². The summed E-state index contributed by atoms with van der Waals surface area (Å²) in [6.45, 7) is 2.03. The molecule has 1 saturated heterocycles. The number of allylic oxidation sites excluding steroid dienone is 2. The number of ketones is 2. The van der Waals surface area contributed by atoms with Crippen molar-refractivity contribution in [2.75, 3.05) is 86.1 Å². The number of nitrogens with zero attached hydrogens (tertiary/aromatic N) is 2. The molecule has 0 radical (unpaired) electrons. The van der Waals surface area contributed by atoms with E-state index in [-0.39, 0.29) is 58.4 Å². The molecule has 4 atom stereocenters. The van der Waals surface area contributed by atoms with E-state index in [1.165, 1.54) is 80.8 Å². The Morgan fingerprint density at radius 3 is 1.81 bits per heavy atom. The fourth-order valence-electron chi connectivity index (χ4n) is 11.0. The van der Waals surface area contributed by atoms with Crippen LogP contribution >= 0.6 is 11.6 Å². The molecule has 11 rings (SSSR count). The zero-order chi connectivity index (χ0) is 52.2. The number of aromatic hydroxyl groups is 1. The Morgan fingerprint density at radius 2 is 1.29 bits per heavy atom. The molecule has 2 amide bonds. The lowest BCUT2D eigenvalue weighted by Crippen LogP contribution is -2.47. The predicted molar refractivity (Wildman–Crippen MR) is 263 cm³/mol. The van der Waals surface area contributed by atoms with Crippen LogP contribution in [0.1, 0.15) is 82.7 Å². The van der Waals surface area contributed by atoms with E-state index < -0.39 is 40.5 Å². The summed E-state index contributed by atoms with van der Waals surface area (Å²) in [5, 5.41) is 15.0. The van der Waals surface area contributed by atoms with Crippen molar-refractivity contribution in [2.45, 2.75) is 30.2 Å². The van der Waals surface area contributed by atoms with Gasteiger partial charge in [0.1, 0.15) is 22.8 Å². The second kappa shape index (κ2) is 17.5. The summed E-state index contributed by atoms with van der Waals surface area (Å²) in [6.07, 6.45) is 2.33. The lowest BCUT2D eigenvalue weighted by molar-refractivity contribution is -0.143. The average molecular weight is 1020 g/mol. The van der Waals surface area contributed by atoms with Crippen molar-refractivity contribution >= 4 is 80.1 Å². The number of Topliss-reactive ketones (excluding diaryl/α,β-unsaturated/α-hetero) is 1. The number of carbonyl (C=O) groups is 6. The molecular weight excluding hydrogens is 972 g/mol. The quantitative estimate of drug-likeness (QED) is 0.0417. The molecule has 6 heterocycles. The molecule has 5 N–H and O–H groups in total. The number of aromatic nitrogens is 3. The van der Waals surface area contributed by atoms with Gasteiger partial charge in [0.05, 0.1) is 90.5 Å². The molecule has 0 bridgehead atoms. The lowest BCUT2D eigenvalue weighted by atomic mass is 9.85. The Morgan fingerprint density at radius 1 is 0.712 bits per heavy atom. The zero-order valence-corrected chi connectivity index (χ0v) is 41.7. The molecule has 3 aliphatic heterocycles. The molecular formula is C51H49ClN6O15. The highest BCUT2D eigenvalue weighted by Crippen LogP contribution is 2.67. The number of alkyl halides is 1. The molecule has 22 heteroatoms. The summed E-state index contributed by atoms with van der Waals surface area (Å²) in [7, 11) is 11.5. The van der Waals surface area contributed by atoms with Crippen LogP contribution < -0.4 is 38.6 Å². The number of anilines is 2. The summed E-state index contributed by atoms with van der Waals surface area (Å²) in [4.78, 5) is 90.7. The van der Waals surface area contributed by atoms with E-state index in [2.05, 4.69) is 20.3 Å². The molecule has 5 aliphatic rings. The van der Waals surface area contributed by atoms with Gasteiger partial charge in [-0.1, -0.05) is 0 Å². The van der Waals surface area contributed by atoms with Gasteiger partial charge in [0.15, 0.2) is 28.5 Å². The molecule has 73 heavy (non-hydrogen) atoms. The number of aromatic amines is 3. The molecule has 3 aromatic heterocycles. The van der Waals surface area contributed by atoms with E-state index in [9.17, 15) is 33.9 Å². The predicted octanol–water partition coefficient (Wildman–Crippen LogP) is 6.22. The fraction of sp³-hybridized carbons (Fsp3) is 0.333. The van der Waals surface area contributed by atoms with Crippen molar-refractivity contribution in [1.29, 1.82) is 0 Å². The number of phenols is 1. The maximum atomic E-state index is 13.8. The number of piperidine rings is 1. The van der Waals surface area contributed by atoms with Crippen molar-refractivity contribution in [3.8, 4) is 40.2 Å². The van der Waals surface area contributed by atoms with Crippen LogP contribution in [0.5, 0.6) is 40.2 Å². The van der Waals surface area contributed by atoms with Gasteiger partial charge in [0.25, 0.3) is 11.8 Å². The highest BCUT2D eigenvalue weighted by Gasteiger charge is 2.68. The minimum atomic E-state index is -1.72. The number of ether oxygens (including phenoxy) is 8. The minimum Gasteiger partial charge on any atom is -0.506 e. The lowest BCUT2D eigenvalue weighted by Gasteiger charge is -2.27. The van der Waals surface area contributed by atoms with Gasteiger partial charge in [0.2, 0.25) is 23.1 Å². The second-order valence-corrected chi connectivity index (χ2v) is 18.5. The van der Waals surface area contributed by atoms with Crippen LogP contribution in [-0.2, 0) is 19.7 Å². The molecule has 1 saturated carbocycles. The maximum Gasteiger partial charge on any atom is 0.354 e. The largest absolute Gasteiger partial charge is 0.506 e. The van der Waals surface area contributed by atoms with Crippen molar-refractivity contribution in [3.05, 3.63) is 87.6 Å². The number of amides is 2. The van der Waals surface area contributed by atoms with Gasteiger partial charge >= 0.3 is 11.9 Å². The molecule has 6 aromatic rings. The van der Waals surface area contributed by atoms with Crippen LogP contribution in [-0.4, -0.2) is 142 Å². The third-order valence-corrected chi connectivity index (χ3v) is 14.9. The third kappa shape index (κ3) is 6.88. The van der Waals surface area contributed by atoms with Gasteiger partial charge in [-0.3, -0.25) is 19.2 Å². The molecule has 1 spiro atoms. The molecule has 2 fully saturated rings. The average Bonchev–Trinajstić information content (AvgIpc) is 4.09. The van der Waals surface area contributed by atoms with Crippen LogP contribution in [0, 0.1) is 5.92 Å². The second-order valence-electron chi connectivity index (χ2n) is 18.1. The number of likely N-dealkylation sites (tertiary alicyclic amines) is 1. The number of carbonyl (C=O) groups excluding carboxylic acids is 6. The van der Waals surface area contributed by atoms with Gasteiger partial charge < -0.3 is 73.1 Å². The number of hydrogen-bond acceptors (Lipinski definition) is 16. The first kappa shape index (κ1) is 48.3. The Labute approximate surface area is 420 Å². The van der Waals surface area contributed by atoms with E-state index >= 15 is 0 Å². The highest BCUT2D eigenvalue weighted by atomic mass is 35.5. The van der Waals surface area contributed by atoms with Crippen LogP contribution in [0.25, 0.3) is 21.8 Å². The standard InChI is InChI=1S/C26H26ClN3O8.C25H23N3O7/c1-26(25(34)38-5)23(32)18-17-12(9-27)10-30(14(17)8-15(31)20(18)29-26)24(33)13-6-11-7-16(35-2)21(36-3)22(37-4)19(11)28-13;1-32-17-6-11-5-14(26-19(11)22(34-3)21(17)33-2)23(30)28-10-12-9-25(12)13-7-15(24(31)35-4)27-20(13)16(29)8-18(25)28/h6-8,12,28-29,31H,9-10H2,1-5H3;5-8,12,26-27H,9-10H2,1-4H3/t12-,26-;12-,25-/m11/s1. The third-order valence-electron chi connectivity index (χ3n) is 14.5. The summed E-state index contributed by atoms with van der Waals surface area (Å²) >= 11 is 6.30. The Hall–Kier alpha value is -8.33. The molecule has 380 valence electrons. The van der Waals surface area contributed by atoms with Crippen molar-refractivity contribution in [3.63, 3.8) is 0 Å². The molecule has 0 unspecified atom stereocenters. The van der Waals surface area contributed by atoms with E-state index in [0.29, 0.717) is 85.8 Å². The SMILES string of the molecule is COC(=O)[C@]1(C)Nc2c(O)cc3c(c2C1=O)[C@H](CCl)CN3C(=O)c1cc2cc(OC)c(OC)c(OC)c2[nH]1.COC(=O)c1cc2c([nH]1)C(=O)C=C1N(C(=O)c3cc4cc(OC)c(OC)c(OC)c4[nH]3)C[C@H]3C[C@]123. The molecule has 21 nitrogen and oxygen atoms in total. The number of methoxy groups -OCH3 is 8. The van der Waals surface area contributed by atoms with Gasteiger partial charge in [-0.2, -0.15) is 0 Å². The number of nitrogens with one attached hydrogen (secondary N) is 4. The zero-order valence-electron chi connectivity index (χ0n) is 41.0. The van der Waals surface area contributed by atoms with Gasteiger partial charge in [-0.15, -0.1) is 11.6 Å². The number of benzene rings is 3. The molecule has 3 aromatic carbocycles. The number of phenolic OH excluding ortho intramolecular Hbond substituents is 1. The molecule has 2 aliphatic carbocycles. The first-order valence-corrected chi connectivity index (χ1v) is 23.3. The van der Waals surface area contributed by atoms with E-state index in [1.54, 1.807) is 35.2 Å². The summed E-state index contributed by atoms with van der Waals surface area (Å²) < 4.78 is 42.4. The Balaban J connectivity index is 0.000000168. The minimum absolute atomic E-state index is 0.102. The van der Waals surface area contributed by atoms with Crippen LogP contribution in [0.4, 0.5) is 11.4 Å². The highest BCUT2D eigenvalue weighted by molar-refractivity contribution is 6.27. The topological polar surface area (TPSA) is 262 Å². The van der Waals surface area contributed by atoms with Crippen LogP contribution in [0.2, 0.25) is 0 Å². The normalized spacial score (nSPS) is 20.7. The van der Waals surface area contributed by atoms with E-state index in [0.717, 1.165) is 17.4 Å².